The average molecular weight is 312 g/mol. The van der Waals surface area contributed by atoms with Crippen LogP contribution in [0.15, 0.2) is 35.1 Å². The van der Waals surface area contributed by atoms with Gasteiger partial charge in [0.25, 0.3) is 0 Å². The standard InChI is InChI=1S/C16H12N2O3S/c19-14-12-7-1-2-8(5-7)13(12)15(20)18(14)9-3-4-10-11(6-9)22-16(21)17-10/h1-4,6-8,12-13H,5H2,(H,17,21)/t7-,8+,12-,13+. The van der Waals surface area contributed by atoms with E-state index in [2.05, 4.69) is 17.1 Å². The summed E-state index contributed by atoms with van der Waals surface area (Å²) in [4.78, 5) is 40.8. The predicted molar refractivity (Wildman–Crippen MR) is 82.7 cm³/mol. The number of carbonyl (C=O) groups excluding carboxylic acids is 2. The molecule has 2 bridgehead atoms. The number of imide groups is 1. The summed E-state index contributed by atoms with van der Waals surface area (Å²) < 4.78 is 0.765. The number of rotatable bonds is 1. The van der Waals surface area contributed by atoms with Crippen molar-refractivity contribution in [2.45, 2.75) is 6.42 Å². The van der Waals surface area contributed by atoms with Gasteiger partial charge in [-0.2, -0.15) is 0 Å². The van der Waals surface area contributed by atoms with E-state index in [1.54, 1.807) is 18.2 Å². The molecule has 6 heteroatoms. The van der Waals surface area contributed by atoms with E-state index in [1.165, 1.54) is 4.90 Å². The number of aromatic amines is 1. The summed E-state index contributed by atoms with van der Waals surface area (Å²) in [6.45, 7) is 0. The number of hydrogen-bond donors (Lipinski definition) is 1. The van der Waals surface area contributed by atoms with Crippen molar-refractivity contribution in [2.75, 3.05) is 4.90 Å². The third-order valence-corrected chi connectivity index (χ3v) is 5.98. The molecule has 1 aliphatic heterocycles. The average Bonchev–Trinajstić information content (AvgIpc) is 3.21. The number of nitrogens with zero attached hydrogens (tertiary/aromatic N) is 1. The lowest BCUT2D eigenvalue weighted by molar-refractivity contribution is -0.123. The Morgan fingerprint density at radius 3 is 2.41 bits per heavy atom. The molecule has 22 heavy (non-hydrogen) atoms. The molecule has 2 heterocycles. The lowest BCUT2D eigenvalue weighted by Crippen LogP contribution is -2.32. The number of hydrogen-bond acceptors (Lipinski definition) is 4. The SMILES string of the molecule is O=C1[C@@H]2[C@H](C(=O)N1c1ccc3[nH]c(=O)sc3c1)[C@@H]1C=C[C@H]2C1. The maximum Gasteiger partial charge on any atom is 0.305 e. The molecule has 0 radical (unpaired) electrons. The Bertz CT molecular complexity index is 895. The van der Waals surface area contributed by atoms with Crippen LogP contribution in [0.1, 0.15) is 6.42 Å². The second-order valence-electron chi connectivity index (χ2n) is 6.21. The Balaban J connectivity index is 1.61. The van der Waals surface area contributed by atoms with Crippen LogP contribution in [-0.4, -0.2) is 16.8 Å². The Morgan fingerprint density at radius 2 is 1.73 bits per heavy atom. The summed E-state index contributed by atoms with van der Waals surface area (Å²) in [7, 11) is 0. The molecule has 1 N–H and O–H groups in total. The molecule has 1 aromatic carbocycles. The number of allylic oxidation sites excluding steroid dienone is 2. The Labute approximate surface area is 129 Å². The van der Waals surface area contributed by atoms with E-state index in [-0.39, 0.29) is 40.4 Å². The van der Waals surface area contributed by atoms with E-state index in [0.717, 1.165) is 28.0 Å². The minimum Gasteiger partial charge on any atom is -0.312 e. The molecule has 1 saturated heterocycles. The number of thiazole rings is 1. The molecule has 2 fully saturated rings. The lowest BCUT2D eigenvalue weighted by atomic mass is 9.85. The van der Waals surface area contributed by atoms with Crippen LogP contribution >= 0.6 is 11.3 Å². The van der Waals surface area contributed by atoms with Crippen LogP contribution in [0.4, 0.5) is 5.69 Å². The molecule has 4 atom stereocenters. The topological polar surface area (TPSA) is 70.2 Å². The Hall–Kier alpha value is -2.21. The summed E-state index contributed by atoms with van der Waals surface area (Å²) in [5, 5.41) is 0. The second-order valence-corrected chi connectivity index (χ2v) is 7.22. The molecule has 2 aliphatic carbocycles. The highest BCUT2D eigenvalue weighted by Crippen LogP contribution is 2.53. The molecular weight excluding hydrogens is 300 g/mol. The first-order valence-corrected chi connectivity index (χ1v) is 8.14. The maximum absolute atomic E-state index is 12.7. The van der Waals surface area contributed by atoms with Crippen LogP contribution < -0.4 is 9.77 Å². The summed E-state index contributed by atoms with van der Waals surface area (Å²) in [6.07, 6.45) is 5.10. The molecule has 2 aromatic rings. The van der Waals surface area contributed by atoms with E-state index in [9.17, 15) is 14.4 Å². The van der Waals surface area contributed by atoms with Gasteiger partial charge in [-0.3, -0.25) is 14.4 Å². The van der Waals surface area contributed by atoms with E-state index < -0.39 is 0 Å². The molecule has 5 rings (SSSR count). The highest BCUT2D eigenvalue weighted by molar-refractivity contribution is 7.16. The minimum atomic E-state index is -0.192. The normalized spacial score (nSPS) is 32.5. The zero-order valence-corrected chi connectivity index (χ0v) is 12.3. The number of amides is 2. The second kappa shape index (κ2) is 3.95. The lowest BCUT2D eigenvalue weighted by Gasteiger charge is -2.17. The van der Waals surface area contributed by atoms with Crippen molar-refractivity contribution in [3.8, 4) is 0 Å². The molecule has 0 unspecified atom stereocenters. The number of nitrogens with one attached hydrogen (secondary N) is 1. The van der Waals surface area contributed by atoms with Gasteiger partial charge < -0.3 is 4.98 Å². The van der Waals surface area contributed by atoms with E-state index in [4.69, 9.17) is 0 Å². The first-order valence-electron chi connectivity index (χ1n) is 7.32. The largest absolute Gasteiger partial charge is 0.312 e. The molecule has 0 spiro atoms. The zero-order valence-electron chi connectivity index (χ0n) is 11.5. The highest BCUT2D eigenvalue weighted by atomic mass is 32.1. The summed E-state index contributed by atoms with van der Waals surface area (Å²) in [6, 6.07) is 5.24. The van der Waals surface area contributed by atoms with Crippen molar-refractivity contribution in [1.82, 2.24) is 4.98 Å². The molecule has 2 amide bonds. The van der Waals surface area contributed by atoms with E-state index in [1.807, 2.05) is 0 Å². The van der Waals surface area contributed by atoms with E-state index in [0.29, 0.717) is 5.69 Å². The van der Waals surface area contributed by atoms with Gasteiger partial charge in [-0.05, 0) is 36.5 Å². The van der Waals surface area contributed by atoms with Crippen LogP contribution in [-0.2, 0) is 9.59 Å². The Morgan fingerprint density at radius 1 is 1.05 bits per heavy atom. The van der Waals surface area contributed by atoms with Gasteiger partial charge in [-0.25, -0.2) is 4.90 Å². The van der Waals surface area contributed by atoms with Crippen LogP contribution in [0.25, 0.3) is 10.2 Å². The van der Waals surface area contributed by atoms with Gasteiger partial charge >= 0.3 is 4.87 Å². The minimum absolute atomic E-state index is 0.0888. The third kappa shape index (κ3) is 1.40. The molecule has 1 aromatic heterocycles. The third-order valence-electron chi connectivity index (χ3n) is 5.13. The van der Waals surface area contributed by atoms with Crippen LogP contribution in [0.2, 0.25) is 0 Å². The smallest absolute Gasteiger partial charge is 0.305 e. The number of aromatic nitrogens is 1. The fourth-order valence-corrected chi connectivity index (χ4v) is 5.00. The summed E-state index contributed by atoms with van der Waals surface area (Å²) in [5.74, 6) is -0.138. The van der Waals surface area contributed by atoms with Gasteiger partial charge in [0.15, 0.2) is 0 Å². The fourth-order valence-electron chi connectivity index (χ4n) is 4.23. The van der Waals surface area contributed by atoms with Crippen molar-refractivity contribution >= 4 is 39.1 Å². The highest BCUT2D eigenvalue weighted by Gasteiger charge is 2.59. The van der Waals surface area contributed by atoms with Gasteiger partial charge in [0.2, 0.25) is 11.8 Å². The first-order chi connectivity index (χ1) is 10.6. The molecule has 110 valence electrons. The monoisotopic (exact) mass is 312 g/mol. The van der Waals surface area contributed by atoms with Crippen LogP contribution in [0.5, 0.6) is 0 Å². The fraction of sp³-hybridized carbons (Fsp3) is 0.312. The maximum atomic E-state index is 12.7. The van der Waals surface area contributed by atoms with Crippen LogP contribution in [0.3, 0.4) is 0 Å². The zero-order chi connectivity index (χ0) is 15.0. The molecule has 3 aliphatic rings. The van der Waals surface area contributed by atoms with Crippen LogP contribution in [0, 0.1) is 23.7 Å². The number of benzene rings is 1. The first kappa shape index (κ1) is 12.3. The number of fused-ring (bicyclic) bond motifs is 6. The Kier molecular flexibility index (Phi) is 2.22. The quantitative estimate of drug-likeness (QED) is 0.646. The molecular formula is C16H12N2O3S. The summed E-state index contributed by atoms with van der Waals surface area (Å²) >= 11 is 1.09. The predicted octanol–water partition coefficient (Wildman–Crippen LogP) is 1.90. The number of H-pyrrole nitrogens is 1. The molecule has 5 nitrogen and oxygen atoms in total. The number of carbonyl (C=O) groups is 2. The van der Waals surface area contributed by atoms with Crippen molar-refractivity contribution in [3.63, 3.8) is 0 Å². The van der Waals surface area contributed by atoms with Crippen molar-refractivity contribution in [1.29, 1.82) is 0 Å². The van der Waals surface area contributed by atoms with Crippen molar-refractivity contribution in [2.24, 2.45) is 23.7 Å². The molecule has 1 saturated carbocycles. The van der Waals surface area contributed by atoms with Gasteiger partial charge in [-0.15, -0.1) is 0 Å². The van der Waals surface area contributed by atoms with Gasteiger partial charge in [0.05, 0.1) is 27.7 Å². The van der Waals surface area contributed by atoms with Gasteiger partial charge in [-0.1, -0.05) is 23.5 Å². The van der Waals surface area contributed by atoms with Crippen molar-refractivity contribution < 1.29 is 9.59 Å². The van der Waals surface area contributed by atoms with E-state index >= 15 is 0 Å². The van der Waals surface area contributed by atoms with Gasteiger partial charge in [0.1, 0.15) is 0 Å². The number of anilines is 1. The summed E-state index contributed by atoms with van der Waals surface area (Å²) in [5.41, 5.74) is 1.31. The van der Waals surface area contributed by atoms with Crippen molar-refractivity contribution in [3.05, 3.63) is 40.0 Å². The van der Waals surface area contributed by atoms with Gasteiger partial charge in [0, 0.05) is 0 Å².